The molecule has 1 aromatic rings. The molecule has 1 amide bonds. The molecule has 18 heavy (non-hydrogen) atoms. The number of aromatic nitrogens is 1. The first-order chi connectivity index (χ1) is 8.59. The van der Waals surface area contributed by atoms with E-state index in [4.69, 9.17) is 0 Å². The van der Waals surface area contributed by atoms with Crippen molar-refractivity contribution in [2.75, 3.05) is 7.05 Å². The van der Waals surface area contributed by atoms with E-state index >= 15 is 0 Å². The predicted octanol–water partition coefficient (Wildman–Crippen LogP) is 3.04. The number of aryl methyl sites for hydroxylation is 1. The van der Waals surface area contributed by atoms with Gasteiger partial charge in [0, 0.05) is 18.8 Å². The van der Waals surface area contributed by atoms with Crippen molar-refractivity contribution in [3.63, 3.8) is 0 Å². The lowest BCUT2D eigenvalue weighted by Gasteiger charge is -2.36. The van der Waals surface area contributed by atoms with E-state index < -0.39 is 0 Å². The summed E-state index contributed by atoms with van der Waals surface area (Å²) in [6, 6.07) is 5.99. The number of pyridine rings is 1. The number of rotatable bonds is 2. The molecule has 1 aliphatic rings. The Morgan fingerprint density at radius 2 is 2.06 bits per heavy atom. The first-order valence-corrected chi connectivity index (χ1v) is 6.80. The van der Waals surface area contributed by atoms with Gasteiger partial charge in [-0.05, 0) is 37.8 Å². The quantitative estimate of drug-likeness (QED) is 0.803. The number of amides is 1. The summed E-state index contributed by atoms with van der Waals surface area (Å²) >= 11 is 0. The highest BCUT2D eigenvalue weighted by atomic mass is 16.2. The third kappa shape index (κ3) is 2.71. The second kappa shape index (κ2) is 5.51. The molecule has 2 unspecified atom stereocenters. The molecule has 2 rings (SSSR count). The van der Waals surface area contributed by atoms with Crippen molar-refractivity contribution in [3.05, 3.63) is 29.6 Å². The van der Waals surface area contributed by atoms with E-state index in [1.54, 1.807) is 6.07 Å². The largest absolute Gasteiger partial charge is 0.337 e. The Morgan fingerprint density at radius 1 is 1.33 bits per heavy atom. The Morgan fingerprint density at radius 3 is 2.72 bits per heavy atom. The molecule has 0 spiro atoms. The minimum absolute atomic E-state index is 0.0532. The van der Waals surface area contributed by atoms with Gasteiger partial charge in [-0.2, -0.15) is 0 Å². The van der Waals surface area contributed by atoms with Gasteiger partial charge in [0.1, 0.15) is 5.69 Å². The van der Waals surface area contributed by atoms with Gasteiger partial charge in [-0.25, -0.2) is 4.98 Å². The van der Waals surface area contributed by atoms with Crippen molar-refractivity contribution in [2.24, 2.45) is 5.92 Å². The summed E-state index contributed by atoms with van der Waals surface area (Å²) in [6.45, 7) is 4.16. The van der Waals surface area contributed by atoms with Crippen molar-refractivity contribution in [1.82, 2.24) is 9.88 Å². The maximum Gasteiger partial charge on any atom is 0.272 e. The van der Waals surface area contributed by atoms with Crippen LogP contribution < -0.4 is 0 Å². The zero-order chi connectivity index (χ0) is 13.1. The maximum atomic E-state index is 12.4. The number of hydrogen-bond acceptors (Lipinski definition) is 2. The van der Waals surface area contributed by atoms with Crippen molar-refractivity contribution in [1.29, 1.82) is 0 Å². The zero-order valence-electron chi connectivity index (χ0n) is 11.5. The Labute approximate surface area is 109 Å². The Hall–Kier alpha value is -1.38. The molecule has 0 saturated heterocycles. The molecule has 0 aromatic carbocycles. The van der Waals surface area contributed by atoms with Crippen LogP contribution in [0.25, 0.3) is 0 Å². The monoisotopic (exact) mass is 246 g/mol. The highest BCUT2D eigenvalue weighted by Gasteiger charge is 2.28. The first kappa shape index (κ1) is 13.1. The topological polar surface area (TPSA) is 33.2 Å². The lowest BCUT2D eigenvalue weighted by atomic mass is 9.85. The Kier molecular flexibility index (Phi) is 4.00. The van der Waals surface area contributed by atoms with Gasteiger partial charge in [0.15, 0.2) is 0 Å². The number of carbonyl (C=O) groups is 1. The Bertz CT molecular complexity index is 430. The van der Waals surface area contributed by atoms with Crippen molar-refractivity contribution in [2.45, 2.75) is 45.6 Å². The second-order valence-electron chi connectivity index (χ2n) is 5.41. The third-order valence-corrected chi connectivity index (χ3v) is 3.99. The second-order valence-corrected chi connectivity index (χ2v) is 5.41. The fourth-order valence-electron chi connectivity index (χ4n) is 2.87. The molecular formula is C15H22N2O. The van der Waals surface area contributed by atoms with Gasteiger partial charge < -0.3 is 4.90 Å². The van der Waals surface area contributed by atoms with E-state index in [1.165, 1.54) is 19.3 Å². The number of carbonyl (C=O) groups excluding carboxylic acids is 1. The van der Waals surface area contributed by atoms with Crippen LogP contribution in [0, 0.1) is 12.8 Å². The minimum atomic E-state index is 0.0532. The molecule has 0 aliphatic heterocycles. The standard InChI is InChI=1S/C15H22N2O/c1-11-7-4-5-10-14(11)17(3)15(18)13-9-6-8-12(2)16-13/h6,8-9,11,14H,4-5,7,10H2,1-3H3. The summed E-state index contributed by atoms with van der Waals surface area (Å²) in [6.07, 6.45) is 4.87. The van der Waals surface area contributed by atoms with Crippen LogP contribution in [0.4, 0.5) is 0 Å². The van der Waals surface area contributed by atoms with Crippen molar-refractivity contribution in [3.8, 4) is 0 Å². The molecule has 3 heteroatoms. The van der Waals surface area contributed by atoms with Crippen LogP contribution in [-0.2, 0) is 0 Å². The molecule has 0 radical (unpaired) electrons. The zero-order valence-corrected chi connectivity index (χ0v) is 11.5. The van der Waals surface area contributed by atoms with Gasteiger partial charge in [0.2, 0.25) is 0 Å². The summed E-state index contributed by atoms with van der Waals surface area (Å²) < 4.78 is 0. The third-order valence-electron chi connectivity index (χ3n) is 3.99. The molecule has 1 saturated carbocycles. The summed E-state index contributed by atoms with van der Waals surface area (Å²) in [4.78, 5) is 18.6. The van der Waals surface area contributed by atoms with Gasteiger partial charge in [0.05, 0.1) is 0 Å². The summed E-state index contributed by atoms with van der Waals surface area (Å²) in [5.74, 6) is 0.648. The van der Waals surface area contributed by atoms with E-state index in [-0.39, 0.29) is 5.91 Å². The van der Waals surface area contributed by atoms with Gasteiger partial charge in [-0.1, -0.05) is 25.8 Å². The lowest BCUT2D eigenvalue weighted by molar-refractivity contribution is 0.0623. The summed E-state index contributed by atoms with van der Waals surface area (Å²) in [7, 11) is 1.92. The molecule has 1 fully saturated rings. The molecule has 2 atom stereocenters. The average molecular weight is 246 g/mol. The van der Waals surface area contributed by atoms with Crippen LogP contribution in [0.3, 0.4) is 0 Å². The van der Waals surface area contributed by atoms with Gasteiger partial charge >= 0.3 is 0 Å². The Balaban J connectivity index is 2.13. The van der Waals surface area contributed by atoms with Gasteiger partial charge in [0.25, 0.3) is 5.91 Å². The van der Waals surface area contributed by atoms with Crippen molar-refractivity contribution < 1.29 is 4.79 Å². The van der Waals surface area contributed by atoms with E-state index in [9.17, 15) is 4.79 Å². The van der Waals surface area contributed by atoms with Gasteiger partial charge in [-0.3, -0.25) is 4.79 Å². The number of nitrogens with zero attached hydrogens (tertiary/aromatic N) is 2. The molecule has 0 N–H and O–H groups in total. The predicted molar refractivity (Wildman–Crippen MR) is 72.5 cm³/mol. The maximum absolute atomic E-state index is 12.4. The van der Waals surface area contributed by atoms with E-state index in [1.807, 2.05) is 31.0 Å². The van der Waals surface area contributed by atoms with Crippen LogP contribution in [-0.4, -0.2) is 28.9 Å². The fraction of sp³-hybridized carbons (Fsp3) is 0.600. The van der Waals surface area contributed by atoms with Crippen LogP contribution in [0.15, 0.2) is 18.2 Å². The van der Waals surface area contributed by atoms with E-state index in [2.05, 4.69) is 11.9 Å². The highest BCUT2D eigenvalue weighted by molar-refractivity contribution is 5.92. The van der Waals surface area contributed by atoms with E-state index in [0.717, 1.165) is 12.1 Å². The fourth-order valence-corrected chi connectivity index (χ4v) is 2.87. The molecular weight excluding hydrogens is 224 g/mol. The van der Waals surface area contributed by atoms with Crippen LogP contribution >= 0.6 is 0 Å². The first-order valence-electron chi connectivity index (χ1n) is 6.80. The minimum Gasteiger partial charge on any atom is -0.337 e. The highest BCUT2D eigenvalue weighted by Crippen LogP contribution is 2.28. The van der Waals surface area contributed by atoms with Crippen LogP contribution in [0.5, 0.6) is 0 Å². The summed E-state index contributed by atoms with van der Waals surface area (Å²) in [5, 5.41) is 0. The number of hydrogen-bond donors (Lipinski definition) is 0. The van der Waals surface area contributed by atoms with Crippen LogP contribution in [0.2, 0.25) is 0 Å². The van der Waals surface area contributed by atoms with E-state index in [0.29, 0.717) is 17.7 Å². The molecule has 98 valence electrons. The van der Waals surface area contributed by atoms with Crippen LogP contribution in [0.1, 0.15) is 48.8 Å². The lowest BCUT2D eigenvalue weighted by Crippen LogP contribution is -2.42. The average Bonchev–Trinajstić information content (AvgIpc) is 2.37. The molecule has 3 nitrogen and oxygen atoms in total. The molecule has 1 aromatic heterocycles. The molecule has 0 bridgehead atoms. The SMILES string of the molecule is Cc1cccc(C(=O)N(C)C2CCCCC2C)n1. The smallest absolute Gasteiger partial charge is 0.272 e. The molecule has 1 aliphatic carbocycles. The van der Waals surface area contributed by atoms with Gasteiger partial charge in [-0.15, -0.1) is 0 Å². The van der Waals surface area contributed by atoms with Crippen molar-refractivity contribution >= 4 is 5.91 Å². The normalized spacial score (nSPS) is 23.7. The summed E-state index contributed by atoms with van der Waals surface area (Å²) in [5.41, 5.74) is 1.46. The molecule has 1 heterocycles.